The summed E-state index contributed by atoms with van der Waals surface area (Å²) in [5.74, 6) is -0.347. The molecule has 72 valence electrons. The maximum absolute atomic E-state index is 13.2. The van der Waals surface area contributed by atoms with Crippen LogP contribution in [0, 0.1) is 17.1 Å². The summed E-state index contributed by atoms with van der Waals surface area (Å²) in [6, 6.07) is 6.35. The molecule has 1 rings (SSSR count). The third-order valence-electron chi connectivity index (χ3n) is 1.79. The summed E-state index contributed by atoms with van der Waals surface area (Å²) >= 11 is 0. The zero-order chi connectivity index (χ0) is 10.4. The first-order chi connectivity index (χ1) is 6.77. The van der Waals surface area contributed by atoms with Gasteiger partial charge >= 0.3 is 0 Å². The van der Waals surface area contributed by atoms with E-state index in [4.69, 9.17) is 5.26 Å². The van der Waals surface area contributed by atoms with Crippen LogP contribution in [0.1, 0.15) is 11.1 Å². The van der Waals surface area contributed by atoms with Crippen molar-refractivity contribution in [2.75, 3.05) is 6.54 Å². The molecule has 0 aliphatic heterocycles. The van der Waals surface area contributed by atoms with Crippen molar-refractivity contribution >= 4 is 0 Å². The largest absolute Gasteiger partial charge is 0.309 e. The van der Waals surface area contributed by atoms with Gasteiger partial charge < -0.3 is 5.32 Å². The summed E-state index contributed by atoms with van der Waals surface area (Å²) in [5, 5.41) is 11.5. The molecule has 0 amide bonds. The van der Waals surface area contributed by atoms with Gasteiger partial charge in [0.1, 0.15) is 5.82 Å². The van der Waals surface area contributed by atoms with Gasteiger partial charge in [-0.3, -0.25) is 0 Å². The number of halogens is 1. The fourth-order valence-electron chi connectivity index (χ4n) is 1.07. The summed E-state index contributed by atoms with van der Waals surface area (Å²) < 4.78 is 13.2. The van der Waals surface area contributed by atoms with Gasteiger partial charge in [0, 0.05) is 18.7 Å². The van der Waals surface area contributed by atoms with E-state index in [9.17, 15) is 4.39 Å². The molecule has 1 aromatic rings. The van der Waals surface area contributed by atoms with Crippen molar-refractivity contribution < 1.29 is 4.39 Å². The van der Waals surface area contributed by atoms with Crippen LogP contribution in [-0.2, 0) is 6.54 Å². The van der Waals surface area contributed by atoms with Gasteiger partial charge in [-0.2, -0.15) is 5.26 Å². The van der Waals surface area contributed by atoms with Gasteiger partial charge in [0.05, 0.1) is 11.6 Å². The minimum atomic E-state index is -0.347. The molecule has 0 atom stereocenters. The molecule has 0 fully saturated rings. The summed E-state index contributed by atoms with van der Waals surface area (Å²) in [7, 11) is 0. The highest BCUT2D eigenvalue weighted by atomic mass is 19.1. The molecule has 1 aromatic carbocycles. The number of nitrogens with zero attached hydrogens (tertiary/aromatic N) is 1. The van der Waals surface area contributed by atoms with Crippen LogP contribution in [0.2, 0.25) is 0 Å². The van der Waals surface area contributed by atoms with E-state index in [1.165, 1.54) is 6.07 Å². The Morgan fingerprint density at radius 3 is 2.93 bits per heavy atom. The van der Waals surface area contributed by atoms with E-state index in [-0.39, 0.29) is 5.82 Å². The number of rotatable bonds is 4. The molecule has 0 unspecified atom stereocenters. The highest BCUT2D eigenvalue weighted by Gasteiger charge is 2.01. The summed E-state index contributed by atoms with van der Waals surface area (Å²) in [5.41, 5.74) is 0.904. The second-order valence-electron chi connectivity index (χ2n) is 2.84. The molecule has 0 bridgehead atoms. The Morgan fingerprint density at radius 1 is 1.57 bits per heavy atom. The molecule has 0 aliphatic rings. The van der Waals surface area contributed by atoms with Crippen LogP contribution >= 0.6 is 0 Å². The first kappa shape index (κ1) is 10.4. The SMILES string of the molecule is C=CCNCc1ccc(C#N)cc1F. The molecular weight excluding hydrogens is 179 g/mol. The molecule has 0 saturated carbocycles. The molecule has 0 aromatic heterocycles. The Bertz CT molecular complexity index is 366. The van der Waals surface area contributed by atoms with E-state index in [1.807, 2.05) is 6.07 Å². The van der Waals surface area contributed by atoms with Gasteiger partial charge in [-0.25, -0.2) is 4.39 Å². The second kappa shape index (κ2) is 5.15. The fraction of sp³-hybridized carbons (Fsp3) is 0.182. The van der Waals surface area contributed by atoms with Gasteiger partial charge in [0.25, 0.3) is 0 Å². The monoisotopic (exact) mass is 190 g/mol. The maximum Gasteiger partial charge on any atom is 0.129 e. The van der Waals surface area contributed by atoms with Crippen molar-refractivity contribution in [3.8, 4) is 6.07 Å². The van der Waals surface area contributed by atoms with Crippen LogP contribution in [-0.4, -0.2) is 6.54 Å². The van der Waals surface area contributed by atoms with Crippen LogP contribution in [0.25, 0.3) is 0 Å². The number of hydrogen-bond donors (Lipinski definition) is 1. The lowest BCUT2D eigenvalue weighted by molar-refractivity contribution is 0.596. The van der Waals surface area contributed by atoms with Crippen molar-refractivity contribution in [3.05, 3.63) is 47.8 Å². The number of hydrogen-bond acceptors (Lipinski definition) is 2. The van der Waals surface area contributed by atoms with Gasteiger partial charge in [-0.1, -0.05) is 12.1 Å². The van der Waals surface area contributed by atoms with Gasteiger partial charge in [0.15, 0.2) is 0 Å². The highest BCUT2D eigenvalue weighted by Crippen LogP contribution is 2.09. The Balaban J connectivity index is 2.70. The fourth-order valence-corrected chi connectivity index (χ4v) is 1.07. The number of nitrogens with one attached hydrogen (secondary N) is 1. The van der Waals surface area contributed by atoms with Crippen LogP contribution in [0.4, 0.5) is 4.39 Å². The maximum atomic E-state index is 13.2. The normalized spacial score (nSPS) is 9.43. The molecule has 0 radical (unpaired) electrons. The Hall–Kier alpha value is -1.66. The van der Waals surface area contributed by atoms with Crippen molar-refractivity contribution in [1.82, 2.24) is 5.32 Å². The molecule has 0 spiro atoms. The molecule has 1 N–H and O–H groups in total. The Morgan fingerprint density at radius 2 is 2.36 bits per heavy atom. The number of benzene rings is 1. The first-order valence-corrected chi connectivity index (χ1v) is 4.28. The van der Waals surface area contributed by atoms with E-state index in [1.54, 1.807) is 18.2 Å². The summed E-state index contributed by atoms with van der Waals surface area (Å²) in [6.45, 7) is 4.63. The van der Waals surface area contributed by atoms with E-state index in [2.05, 4.69) is 11.9 Å². The quantitative estimate of drug-likeness (QED) is 0.582. The lowest BCUT2D eigenvalue weighted by atomic mass is 10.1. The number of nitriles is 1. The zero-order valence-electron chi connectivity index (χ0n) is 7.76. The topological polar surface area (TPSA) is 35.8 Å². The third kappa shape index (κ3) is 2.68. The smallest absolute Gasteiger partial charge is 0.129 e. The average Bonchev–Trinajstić information content (AvgIpc) is 2.20. The van der Waals surface area contributed by atoms with E-state index in [0.717, 1.165) is 0 Å². The highest BCUT2D eigenvalue weighted by molar-refractivity contribution is 5.32. The standard InChI is InChI=1S/C11H11FN2/c1-2-5-14-8-10-4-3-9(7-13)6-11(10)12/h2-4,6,14H,1,5,8H2. The Kier molecular flexibility index (Phi) is 3.84. The minimum absolute atomic E-state index is 0.343. The van der Waals surface area contributed by atoms with Crippen molar-refractivity contribution in [1.29, 1.82) is 5.26 Å². The van der Waals surface area contributed by atoms with Gasteiger partial charge in [-0.15, -0.1) is 6.58 Å². The summed E-state index contributed by atoms with van der Waals surface area (Å²) in [6.07, 6.45) is 1.71. The zero-order valence-corrected chi connectivity index (χ0v) is 7.76. The first-order valence-electron chi connectivity index (χ1n) is 4.28. The van der Waals surface area contributed by atoms with E-state index in [0.29, 0.717) is 24.2 Å². The molecule has 0 heterocycles. The van der Waals surface area contributed by atoms with Crippen LogP contribution in [0.3, 0.4) is 0 Å². The minimum Gasteiger partial charge on any atom is -0.309 e. The van der Waals surface area contributed by atoms with E-state index < -0.39 is 0 Å². The van der Waals surface area contributed by atoms with Crippen LogP contribution in [0.5, 0.6) is 0 Å². The van der Waals surface area contributed by atoms with E-state index >= 15 is 0 Å². The van der Waals surface area contributed by atoms with Crippen LogP contribution in [0.15, 0.2) is 30.9 Å². The van der Waals surface area contributed by atoms with Crippen molar-refractivity contribution in [2.24, 2.45) is 0 Å². The second-order valence-corrected chi connectivity index (χ2v) is 2.84. The molecule has 0 aliphatic carbocycles. The molecule has 14 heavy (non-hydrogen) atoms. The van der Waals surface area contributed by atoms with Gasteiger partial charge in [0.2, 0.25) is 0 Å². The average molecular weight is 190 g/mol. The molecule has 2 nitrogen and oxygen atoms in total. The molecule has 0 saturated heterocycles. The predicted molar refractivity (Wildman–Crippen MR) is 53.0 cm³/mol. The Labute approximate surface area is 82.7 Å². The van der Waals surface area contributed by atoms with Crippen molar-refractivity contribution in [2.45, 2.75) is 6.54 Å². The van der Waals surface area contributed by atoms with Crippen LogP contribution < -0.4 is 5.32 Å². The summed E-state index contributed by atoms with van der Waals surface area (Å²) in [4.78, 5) is 0. The lowest BCUT2D eigenvalue weighted by Gasteiger charge is -2.03. The predicted octanol–water partition coefficient (Wildman–Crippen LogP) is 1.97. The molecule has 3 heteroatoms. The molecular formula is C11H11FN2. The van der Waals surface area contributed by atoms with Crippen molar-refractivity contribution in [3.63, 3.8) is 0 Å². The third-order valence-corrected chi connectivity index (χ3v) is 1.79. The lowest BCUT2D eigenvalue weighted by Crippen LogP contribution is -2.13. The van der Waals surface area contributed by atoms with Gasteiger partial charge in [-0.05, 0) is 12.1 Å².